The molecule has 1 aliphatic carbocycles. The van der Waals surface area contributed by atoms with Crippen LogP contribution >= 0.6 is 0 Å². The zero-order valence-corrected chi connectivity index (χ0v) is 18.0. The summed E-state index contributed by atoms with van der Waals surface area (Å²) in [4.78, 5) is 0. The minimum Gasteiger partial charge on any atom is -0.313 e. The van der Waals surface area contributed by atoms with Crippen LogP contribution in [0, 0.1) is 16.2 Å². The van der Waals surface area contributed by atoms with Gasteiger partial charge in [0.2, 0.25) is 0 Å². The first-order valence-corrected chi connectivity index (χ1v) is 9.94. The Bertz CT molecular complexity index is 294. The molecule has 0 saturated heterocycles. The lowest BCUT2D eigenvalue weighted by Gasteiger charge is -2.39. The number of nitrogens with one attached hydrogen (secondary N) is 3. The van der Waals surface area contributed by atoms with E-state index in [1.54, 1.807) is 0 Å². The van der Waals surface area contributed by atoms with Gasteiger partial charge in [-0.3, -0.25) is 0 Å². The Balaban J connectivity index is 2.60. The highest BCUT2D eigenvalue weighted by molar-refractivity contribution is 4.92. The maximum Gasteiger partial charge on any atom is 0.00969 e. The third kappa shape index (κ3) is 10.7. The molecular formula is C21H45N3. The summed E-state index contributed by atoms with van der Waals surface area (Å²) in [6.45, 7) is 24.1. The Hall–Kier alpha value is -0.120. The lowest BCUT2D eigenvalue weighted by molar-refractivity contribution is 0.209. The van der Waals surface area contributed by atoms with Crippen LogP contribution in [0.25, 0.3) is 0 Å². The van der Waals surface area contributed by atoms with Crippen molar-refractivity contribution in [2.75, 3.05) is 19.6 Å². The smallest absolute Gasteiger partial charge is 0.00969 e. The average molecular weight is 340 g/mol. The van der Waals surface area contributed by atoms with Gasteiger partial charge in [-0.15, -0.1) is 0 Å². The predicted molar refractivity (Wildman–Crippen MR) is 108 cm³/mol. The minimum absolute atomic E-state index is 0.347. The molecular weight excluding hydrogens is 294 g/mol. The largest absolute Gasteiger partial charge is 0.313 e. The van der Waals surface area contributed by atoms with E-state index < -0.39 is 0 Å². The van der Waals surface area contributed by atoms with Crippen molar-refractivity contribution in [3.63, 3.8) is 0 Å². The maximum atomic E-state index is 3.84. The molecule has 144 valence electrons. The summed E-state index contributed by atoms with van der Waals surface area (Å²) in [6, 6.07) is 1.86. The molecule has 0 aliphatic heterocycles. The third-order valence-electron chi connectivity index (χ3n) is 4.47. The first kappa shape index (κ1) is 21.9. The van der Waals surface area contributed by atoms with E-state index in [1.807, 2.05) is 0 Å². The summed E-state index contributed by atoms with van der Waals surface area (Å²) in [6.07, 6.45) is 3.75. The highest BCUT2D eigenvalue weighted by Crippen LogP contribution is 2.23. The van der Waals surface area contributed by atoms with Crippen LogP contribution in [0.5, 0.6) is 0 Å². The van der Waals surface area contributed by atoms with Gasteiger partial charge in [0, 0.05) is 37.8 Å². The molecule has 0 heterocycles. The second-order valence-electron chi connectivity index (χ2n) is 11.6. The van der Waals surface area contributed by atoms with Gasteiger partial charge in [0.1, 0.15) is 0 Å². The van der Waals surface area contributed by atoms with Gasteiger partial charge < -0.3 is 16.0 Å². The molecule has 0 amide bonds. The van der Waals surface area contributed by atoms with Crippen molar-refractivity contribution in [3.05, 3.63) is 0 Å². The summed E-state index contributed by atoms with van der Waals surface area (Å²) >= 11 is 0. The molecule has 0 unspecified atom stereocenters. The quantitative estimate of drug-likeness (QED) is 0.679. The van der Waals surface area contributed by atoms with Crippen LogP contribution in [0.1, 0.15) is 81.6 Å². The molecule has 0 aromatic heterocycles. The van der Waals surface area contributed by atoms with Crippen LogP contribution in [0.15, 0.2) is 0 Å². The average Bonchev–Trinajstić information content (AvgIpc) is 2.38. The molecule has 0 bridgehead atoms. The normalized spacial score (nSPS) is 26.6. The molecule has 0 atom stereocenters. The van der Waals surface area contributed by atoms with Gasteiger partial charge in [-0.25, -0.2) is 0 Å². The topological polar surface area (TPSA) is 36.1 Å². The molecule has 24 heavy (non-hydrogen) atoms. The van der Waals surface area contributed by atoms with Crippen molar-refractivity contribution < 1.29 is 0 Å². The standard InChI is InChI=1S/C21H45N3/c1-19(2,3)13-22-16-10-17(23-14-20(4,5)6)12-18(11-16)24-15-21(7,8)9/h16-18,22-24H,10-15H2,1-9H3. The van der Waals surface area contributed by atoms with Crippen molar-refractivity contribution in [2.45, 2.75) is 99.7 Å². The van der Waals surface area contributed by atoms with E-state index >= 15 is 0 Å². The SMILES string of the molecule is CC(C)(C)CNC1CC(NCC(C)(C)C)CC(NCC(C)(C)C)C1. The number of hydrogen-bond donors (Lipinski definition) is 3. The van der Waals surface area contributed by atoms with E-state index in [0.717, 1.165) is 19.6 Å². The Kier molecular flexibility index (Phi) is 7.77. The van der Waals surface area contributed by atoms with Crippen LogP contribution in [-0.2, 0) is 0 Å². The van der Waals surface area contributed by atoms with Gasteiger partial charge in [-0.05, 0) is 35.5 Å². The molecule has 1 aliphatic rings. The fourth-order valence-electron chi connectivity index (χ4n) is 3.17. The lowest BCUT2D eigenvalue weighted by atomic mass is 9.84. The summed E-state index contributed by atoms with van der Waals surface area (Å²) in [7, 11) is 0. The number of rotatable bonds is 6. The van der Waals surface area contributed by atoms with Gasteiger partial charge in [-0.2, -0.15) is 0 Å². The molecule has 1 fully saturated rings. The molecule has 0 aromatic carbocycles. The second kappa shape index (κ2) is 8.51. The first-order valence-electron chi connectivity index (χ1n) is 9.94. The molecule has 0 aromatic rings. The van der Waals surface area contributed by atoms with Crippen molar-refractivity contribution in [2.24, 2.45) is 16.2 Å². The van der Waals surface area contributed by atoms with Crippen LogP contribution in [0.4, 0.5) is 0 Å². The summed E-state index contributed by atoms with van der Waals surface area (Å²) in [5.74, 6) is 0. The molecule has 3 N–H and O–H groups in total. The Labute approximate surface area is 152 Å². The van der Waals surface area contributed by atoms with E-state index in [0.29, 0.717) is 34.4 Å². The van der Waals surface area contributed by atoms with Gasteiger partial charge in [0.05, 0.1) is 0 Å². The first-order chi connectivity index (χ1) is 10.7. The Morgan fingerprint density at radius 2 is 0.708 bits per heavy atom. The van der Waals surface area contributed by atoms with E-state index in [9.17, 15) is 0 Å². The second-order valence-corrected chi connectivity index (χ2v) is 11.6. The summed E-state index contributed by atoms with van der Waals surface area (Å²) in [5.41, 5.74) is 1.04. The minimum atomic E-state index is 0.347. The predicted octanol–water partition coefficient (Wildman–Crippen LogP) is 4.18. The van der Waals surface area contributed by atoms with Crippen LogP contribution in [0.2, 0.25) is 0 Å². The fraction of sp³-hybridized carbons (Fsp3) is 1.00. The maximum absolute atomic E-state index is 3.84. The summed E-state index contributed by atoms with van der Waals surface area (Å²) in [5, 5.41) is 11.5. The third-order valence-corrected chi connectivity index (χ3v) is 4.47. The van der Waals surface area contributed by atoms with Gasteiger partial charge in [0.15, 0.2) is 0 Å². The molecule has 3 heteroatoms. The molecule has 1 saturated carbocycles. The van der Waals surface area contributed by atoms with Crippen molar-refractivity contribution in [1.29, 1.82) is 0 Å². The zero-order chi connectivity index (χ0) is 18.6. The van der Waals surface area contributed by atoms with Crippen molar-refractivity contribution in [3.8, 4) is 0 Å². The van der Waals surface area contributed by atoms with E-state index in [-0.39, 0.29) is 0 Å². The summed E-state index contributed by atoms with van der Waals surface area (Å²) < 4.78 is 0. The highest BCUT2D eigenvalue weighted by Gasteiger charge is 2.30. The van der Waals surface area contributed by atoms with Crippen molar-refractivity contribution >= 4 is 0 Å². The van der Waals surface area contributed by atoms with Crippen LogP contribution < -0.4 is 16.0 Å². The molecule has 0 spiro atoms. The zero-order valence-electron chi connectivity index (χ0n) is 18.0. The van der Waals surface area contributed by atoms with E-state index in [4.69, 9.17) is 0 Å². The monoisotopic (exact) mass is 339 g/mol. The van der Waals surface area contributed by atoms with Crippen LogP contribution in [-0.4, -0.2) is 37.8 Å². The van der Waals surface area contributed by atoms with Gasteiger partial charge in [0.25, 0.3) is 0 Å². The molecule has 3 nitrogen and oxygen atoms in total. The van der Waals surface area contributed by atoms with E-state index in [2.05, 4.69) is 78.3 Å². The fourth-order valence-corrected chi connectivity index (χ4v) is 3.17. The lowest BCUT2D eigenvalue weighted by Crippen LogP contribution is -2.53. The highest BCUT2D eigenvalue weighted by atomic mass is 15.0. The van der Waals surface area contributed by atoms with E-state index in [1.165, 1.54) is 19.3 Å². The van der Waals surface area contributed by atoms with Crippen molar-refractivity contribution in [1.82, 2.24) is 16.0 Å². The van der Waals surface area contributed by atoms with Crippen LogP contribution in [0.3, 0.4) is 0 Å². The van der Waals surface area contributed by atoms with Gasteiger partial charge in [-0.1, -0.05) is 62.3 Å². The Morgan fingerprint density at radius 3 is 0.875 bits per heavy atom. The van der Waals surface area contributed by atoms with Gasteiger partial charge >= 0.3 is 0 Å². The molecule has 0 radical (unpaired) electrons. The number of hydrogen-bond acceptors (Lipinski definition) is 3. The molecule has 1 rings (SSSR count). The Morgan fingerprint density at radius 1 is 0.500 bits per heavy atom.